The van der Waals surface area contributed by atoms with Gasteiger partial charge in [-0.3, -0.25) is 4.79 Å². The van der Waals surface area contributed by atoms with E-state index in [-0.39, 0.29) is 5.91 Å². The molecule has 2 heterocycles. The van der Waals surface area contributed by atoms with Crippen LogP contribution in [0.4, 0.5) is 11.5 Å². The highest BCUT2D eigenvalue weighted by molar-refractivity contribution is 7.18. The molecule has 1 amide bonds. The lowest BCUT2D eigenvalue weighted by Gasteiger charge is -2.20. The second kappa shape index (κ2) is 8.19. The van der Waals surface area contributed by atoms with Crippen LogP contribution < -0.4 is 10.6 Å². The van der Waals surface area contributed by atoms with Gasteiger partial charge in [-0.2, -0.15) is 0 Å². The Morgan fingerprint density at radius 3 is 2.46 bits per heavy atom. The summed E-state index contributed by atoms with van der Waals surface area (Å²) in [5, 5.41) is 7.26. The van der Waals surface area contributed by atoms with Crippen LogP contribution in [0.1, 0.15) is 23.4 Å². The summed E-state index contributed by atoms with van der Waals surface area (Å²) in [6.45, 7) is 2.12. The van der Waals surface area contributed by atoms with E-state index in [0.29, 0.717) is 5.82 Å². The molecule has 0 spiro atoms. The van der Waals surface area contributed by atoms with Gasteiger partial charge in [0.2, 0.25) is 0 Å². The smallest absolute Gasteiger partial charge is 0.251 e. The van der Waals surface area contributed by atoms with Crippen LogP contribution in [-0.4, -0.2) is 15.9 Å². The first kappa shape index (κ1) is 18.1. The van der Waals surface area contributed by atoms with E-state index in [9.17, 15) is 4.79 Å². The fraction of sp³-hybridized carbons (Fsp3) is 0.136. The molecular weight excluding hydrogens is 368 g/mol. The fourth-order valence-corrected chi connectivity index (χ4v) is 3.95. The molecule has 6 heteroatoms. The van der Waals surface area contributed by atoms with Crippen LogP contribution in [0.25, 0.3) is 10.2 Å². The fourth-order valence-electron chi connectivity index (χ4n) is 3.01. The van der Waals surface area contributed by atoms with Crippen LogP contribution >= 0.6 is 11.3 Å². The average Bonchev–Trinajstić information content (AvgIpc) is 3.17. The van der Waals surface area contributed by atoms with E-state index in [4.69, 9.17) is 0 Å². The summed E-state index contributed by atoms with van der Waals surface area (Å²) < 4.78 is 0. The molecule has 0 aliphatic rings. The van der Waals surface area contributed by atoms with Crippen molar-refractivity contribution >= 4 is 39.0 Å². The maximum absolute atomic E-state index is 13.1. The minimum absolute atomic E-state index is 0.143. The molecule has 2 N–H and O–H groups in total. The summed E-state index contributed by atoms with van der Waals surface area (Å²) in [5.41, 5.74) is 1.63. The Labute approximate surface area is 167 Å². The molecule has 0 aliphatic heterocycles. The lowest BCUT2D eigenvalue weighted by molar-refractivity contribution is -0.117. The van der Waals surface area contributed by atoms with Crippen LogP contribution in [0.5, 0.6) is 0 Å². The number of hydrogen-bond donors (Lipinski definition) is 2. The van der Waals surface area contributed by atoms with Gasteiger partial charge >= 0.3 is 0 Å². The van der Waals surface area contributed by atoms with Gasteiger partial charge in [-0.1, -0.05) is 55.5 Å². The molecular formula is C22H20N4OS. The number of carbonyl (C=O) groups is 1. The van der Waals surface area contributed by atoms with Crippen molar-refractivity contribution in [2.24, 2.45) is 0 Å². The predicted octanol–water partition coefficient (Wildman–Crippen LogP) is 5.05. The van der Waals surface area contributed by atoms with Crippen molar-refractivity contribution in [1.82, 2.24) is 9.97 Å². The highest BCUT2D eigenvalue weighted by atomic mass is 32.1. The van der Waals surface area contributed by atoms with Crippen molar-refractivity contribution < 1.29 is 4.79 Å². The number of fused-ring (bicyclic) bond motifs is 1. The topological polar surface area (TPSA) is 66.9 Å². The molecule has 140 valence electrons. The lowest BCUT2D eigenvalue weighted by atomic mass is 10.1. The minimum atomic E-state index is -0.579. The van der Waals surface area contributed by atoms with Crippen LogP contribution in [0.2, 0.25) is 0 Å². The predicted molar refractivity (Wildman–Crippen MR) is 115 cm³/mol. The van der Waals surface area contributed by atoms with Crippen LogP contribution in [0.3, 0.4) is 0 Å². The third-order valence-electron chi connectivity index (χ3n) is 4.45. The number of carbonyl (C=O) groups excluding carboxylic acids is 1. The van der Waals surface area contributed by atoms with Crippen molar-refractivity contribution in [3.8, 4) is 0 Å². The highest BCUT2D eigenvalue weighted by Crippen LogP contribution is 2.31. The Morgan fingerprint density at radius 1 is 1.04 bits per heavy atom. The molecule has 2 aromatic heterocycles. The van der Waals surface area contributed by atoms with Gasteiger partial charge < -0.3 is 10.6 Å². The van der Waals surface area contributed by atoms with Crippen molar-refractivity contribution in [2.75, 3.05) is 10.6 Å². The summed E-state index contributed by atoms with van der Waals surface area (Å²) in [4.78, 5) is 24.0. The van der Waals surface area contributed by atoms with Gasteiger partial charge in [0.1, 0.15) is 23.0 Å². The summed E-state index contributed by atoms with van der Waals surface area (Å²) in [6.07, 6.45) is 2.48. The largest absolute Gasteiger partial charge is 0.354 e. The zero-order valence-electron chi connectivity index (χ0n) is 15.4. The normalized spacial score (nSPS) is 11.9. The number of anilines is 2. The Bertz CT molecular complexity index is 1080. The van der Waals surface area contributed by atoms with Crippen molar-refractivity contribution in [3.63, 3.8) is 0 Å². The van der Waals surface area contributed by atoms with E-state index in [2.05, 4.69) is 33.6 Å². The molecule has 0 radical (unpaired) electrons. The Kier molecular flexibility index (Phi) is 5.30. The molecule has 0 unspecified atom stereocenters. The molecule has 1 atom stereocenters. The zero-order valence-corrected chi connectivity index (χ0v) is 16.2. The quantitative estimate of drug-likeness (QED) is 0.485. The molecule has 0 aliphatic carbocycles. The van der Waals surface area contributed by atoms with Gasteiger partial charge in [0.15, 0.2) is 0 Å². The number of benzene rings is 2. The minimum Gasteiger partial charge on any atom is -0.354 e. The Morgan fingerprint density at radius 2 is 1.75 bits per heavy atom. The first-order valence-corrected chi connectivity index (χ1v) is 9.97. The number of aryl methyl sites for hydroxylation is 1. The van der Waals surface area contributed by atoms with E-state index in [1.807, 2.05) is 60.7 Å². The van der Waals surface area contributed by atoms with Gasteiger partial charge in [0.05, 0.1) is 5.39 Å². The van der Waals surface area contributed by atoms with Crippen LogP contribution in [-0.2, 0) is 11.2 Å². The number of hydrogen-bond acceptors (Lipinski definition) is 5. The molecule has 0 saturated heterocycles. The van der Waals surface area contributed by atoms with Gasteiger partial charge in [0.25, 0.3) is 5.91 Å². The van der Waals surface area contributed by atoms with Crippen molar-refractivity contribution in [2.45, 2.75) is 19.4 Å². The van der Waals surface area contributed by atoms with E-state index in [0.717, 1.165) is 27.9 Å². The molecule has 0 saturated carbocycles. The van der Waals surface area contributed by atoms with Crippen molar-refractivity contribution in [1.29, 1.82) is 0 Å². The van der Waals surface area contributed by atoms with Gasteiger partial charge in [-0.25, -0.2) is 9.97 Å². The molecule has 5 nitrogen and oxygen atoms in total. The lowest BCUT2D eigenvalue weighted by Crippen LogP contribution is -2.27. The number of nitrogens with zero attached hydrogens (tertiary/aromatic N) is 2. The Hall–Kier alpha value is -3.25. The van der Waals surface area contributed by atoms with Gasteiger partial charge in [-0.05, 0) is 30.2 Å². The maximum Gasteiger partial charge on any atom is 0.251 e. The number of aromatic nitrogens is 2. The molecule has 2 aromatic carbocycles. The molecule has 28 heavy (non-hydrogen) atoms. The third kappa shape index (κ3) is 3.87. The highest BCUT2D eigenvalue weighted by Gasteiger charge is 2.22. The summed E-state index contributed by atoms with van der Waals surface area (Å²) in [7, 11) is 0. The number of para-hydroxylation sites is 1. The molecule has 4 aromatic rings. The summed E-state index contributed by atoms with van der Waals surface area (Å²) >= 11 is 1.65. The summed E-state index contributed by atoms with van der Waals surface area (Å²) in [6, 6.07) is 20.6. The molecule has 0 bridgehead atoms. The molecule has 4 rings (SSSR count). The summed E-state index contributed by atoms with van der Waals surface area (Å²) in [5.74, 6) is 0.521. The maximum atomic E-state index is 13.1. The first-order chi connectivity index (χ1) is 13.7. The number of nitrogens with one attached hydrogen (secondary N) is 2. The van der Waals surface area contributed by atoms with Gasteiger partial charge in [-0.15, -0.1) is 11.3 Å². The second-order valence-corrected chi connectivity index (χ2v) is 7.47. The molecule has 0 fully saturated rings. The van der Waals surface area contributed by atoms with Crippen molar-refractivity contribution in [3.05, 3.63) is 83.5 Å². The van der Waals surface area contributed by atoms with E-state index in [1.165, 1.54) is 11.2 Å². The van der Waals surface area contributed by atoms with Crippen LogP contribution in [0, 0.1) is 0 Å². The monoisotopic (exact) mass is 388 g/mol. The first-order valence-electron chi connectivity index (χ1n) is 9.15. The van der Waals surface area contributed by atoms with Gasteiger partial charge in [0, 0.05) is 10.6 Å². The standard InChI is InChI=1S/C22H20N4OS/c1-2-17-13-18-20(23-14-24-22(18)28-17)26-19(15-9-5-3-6-10-15)21(27)25-16-11-7-4-8-12-16/h3-14,19H,2H2,1H3,(H,25,27)(H,23,24,26)/t19-/m1/s1. The number of thiophene rings is 1. The van der Waals surface area contributed by atoms with Crippen LogP contribution in [0.15, 0.2) is 73.1 Å². The van der Waals surface area contributed by atoms with E-state index >= 15 is 0 Å². The number of amides is 1. The average molecular weight is 388 g/mol. The van der Waals surface area contributed by atoms with E-state index < -0.39 is 6.04 Å². The Balaban J connectivity index is 1.68. The zero-order chi connectivity index (χ0) is 19.3. The SMILES string of the molecule is CCc1cc2c(N[C@@H](C(=O)Nc3ccccc3)c3ccccc3)ncnc2s1. The van der Waals surface area contributed by atoms with E-state index in [1.54, 1.807) is 11.3 Å². The third-order valence-corrected chi connectivity index (χ3v) is 5.63. The second-order valence-electron chi connectivity index (χ2n) is 6.35. The number of rotatable bonds is 6.